The first-order valence-electron chi connectivity index (χ1n) is 6.51. The van der Waals surface area contributed by atoms with Gasteiger partial charge in [-0.05, 0) is 37.0 Å². The van der Waals surface area contributed by atoms with Gasteiger partial charge in [0.05, 0.1) is 13.2 Å². The van der Waals surface area contributed by atoms with Crippen molar-refractivity contribution in [2.45, 2.75) is 31.9 Å². The molecule has 1 amide bonds. The van der Waals surface area contributed by atoms with E-state index >= 15 is 0 Å². The first-order valence-corrected chi connectivity index (χ1v) is 6.51. The highest BCUT2D eigenvalue weighted by molar-refractivity contribution is 5.68. The second-order valence-electron chi connectivity index (χ2n) is 4.53. The Bertz CT molecular complexity index is 439. The number of ether oxygens (including phenoxy) is 2. The number of methoxy groups -OCH3 is 1. The lowest BCUT2D eigenvalue weighted by molar-refractivity contribution is 0.137. The molecule has 1 unspecified atom stereocenters. The van der Waals surface area contributed by atoms with Crippen molar-refractivity contribution in [1.82, 2.24) is 5.32 Å². The maximum atomic E-state index is 11.6. The highest BCUT2D eigenvalue weighted by Gasteiger charge is 2.12. The molecule has 1 aromatic carbocycles. The van der Waals surface area contributed by atoms with Crippen LogP contribution in [0.15, 0.2) is 36.4 Å². The minimum Gasteiger partial charge on any atom is -0.497 e. The molecule has 102 valence electrons. The molecule has 1 aliphatic rings. The van der Waals surface area contributed by atoms with Crippen molar-refractivity contribution in [3.05, 3.63) is 42.0 Å². The molecule has 0 saturated carbocycles. The Morgan fingerprint density at radius 3 is 2.79 bits per heavy atom. The number of allylic oxidation sites excluding steroid dienone is 1. The molecule has 0 spiro atoms. The number of hydrogen-bond donors (Lipinski definition) is 1. The summed E-state index contributed by atoms with van der Waals surface area (Å²) in [4.78, 5) is 11.6. The van der Waals surface area contributed by atoms with Crippen LogP contribution < -0.4 is 10.1 Å². The van der Waals surface area contributed by atoms with E-state index in [1.807, 2.05) is 30.3 Å². The third-order valence-electron chi connectivity index (χ3n) is 3.09. The van der Waals surface area contributed by atoms with Gasteiger partial charge in [-0.15, -0.1) is 0 Å². The van der Waals surface area contributed by atoms with E-state index in [-0.39, 0.29) is 18.7 Å². The van der Waals surface area contributed by atoms with Crippen LogP contribution in [0.25, 0.3) is 0 Å². The van der Waals surface area contributed by atoms with Gasteiger partial charge < -0.3 is 14.8 Å². The third kappa shape index (κ3) is 4.32. The second kappa shape index (κ2) is 6.83. The average Bonchev–Trinajstić information content (AvgIpc) is 2.47. The van der Waals surface area contributed by atoms with E-state index in [4.69, 9.17) is 9.47 Å². The summed E-state index contributed by atoms with van der Waals surface area (Å²) in [5.41, 5.74) is 0.940. The summed E-state index contributed by atoms with van der Waals surface area (Å²) < 4.78 is 10.2. The highest BCUT2D eigenvalue weighted by atomic mass is 16.5. The molecule has 4 nitrogen and oxygen atoms in total. The number of benzene rings is 1. The molecule has 0 heterocycles. The minimum atomic E-state index is -0.368. The minimum absolute atomic E-state index is 0.108. The topological polar surface area (TPSA) is 47.6 Å². The smallest absolute Gasteiger partial charge is 0.407 e. The molecule has 0 bridgehead atoms. The summed E-state index contributed by atoms with van der Waals surface area (Å²) in [5.74, 6) is 0.792. The van der Waals surface area contributed by atoms with Gasteiger partial charge in [-0.1, -0.05) is 24.3 Å². The fourth-order valence-electron chi connectivity index (χ4n) is 2.00. The van der Waals surface area contributed by atoms with E-state index in [9.17, 15) is 4.79 Å². The Balaban J connectivity index is 1.76. The van der Waals surface area contributed by atoms with Crippen LogP contribution in [-0.4, -0.2) is 19.2 Å². The van der Waals surface area contributed by atoms with Crippen LogP contribution >= 0.6 is 0 Å². The number of amides is 1. The Labute approximate surface area is 113 Å². The highest BCUT2D eigenvalue weighted by Crippen LogP contribution is 2.13. The van der Waals surface area contributed by atoms with Gasteiger partial charge in [-0.3, -0.25) is 0 Å². The Hall–Kier alpha value is -1.97. The van der Waals surface area contributed by atoms with E-state index in [0.29, 0.717) is 0 Å². The van der Waals surface area contributed by atoms with Crippen LogP contribution in [-0.2, 0) is 11.3 Å². The van der Waals surface area contributed by atoms with Crippen LogP contribution in [0.5, 0.6) is 5.75 Å². The number of carbonyl (C=O) groups excluding carboxylic acids is 1. The van der Waals surface area contributed by atoms with Gasteiger partial charge in [-0.2, -0.15) is 0 Å². The summed E-state index contributed by atoms with van der Waals surface area (Å²) in [6.07, 6.45) is 6.94. The lowest BCUT2D eigenvalue weighted by Gasteiger charge is -2.17. The fourth-order valence-corrected chi connectivity index (χ4v) is 2.00. The summed E-state index contributed by atoms with van der Waals surface area (Å²) in [6, 6.07) is 7.57. The lowest BCUT2D eigenvalue weighted by Crippen LogP contribution is -2.34. The number of alkyl carbamates (subject to hydrolysis) is 1. The molecule has 0 aliphatic heterocycles. The molecule has 1 aromatic rings. The molecule has 0 aromatic heterocycles. The van der Waals surface area contributed by atoms with Crippen LogP contribution in [0, 0.1) is 0 Å². The average molecular weight is 261 g/mol. The van der Waals surface area contributed by atoms with Gasteiger partial charge in [0.2, 0.25) is 0 Å². The maximum absolute atomic E-state index is 11.6. The van der Waals surface area contributed by atoms with Gasteiger partial charge >= 0.3 is 6.09 Å². The van der Waals surface area contributed by atoms with Crippen LogP contribution in [0.4, 0.5) is 4.79 Å². The molecule has 1 N–H and O–H groups in total. The first kappa shape index (κ1) is 13.5. The van der Waals surface area contributed by atoms with Gasteiger partial charge in [-0.25, -0.2) is 4.79 Å². The van der Waals surface area contributed by atoms with Gasteiger partial charge in [0.15, 0.2) is 0 Å². The quantitative estimate of drug-likeness (QED) is 0.847. The van der Waals surface area contributed by atoms with Crippen LogP contribution in [0.1, 0.15) is 24.8 Å². The molecule has 0 saturated heterocycles. The number of nitrogens with one attached hydrogen (secondary N) is 1. The van der Waals surface area contributed by atoms with Crippen LogP contribution in [0.2, 0.25) is 0 Å². The van der Waals surface area contributed by atoms with E-state index in [1.165, 1.54) is 0 Å². The van der Waals surface area contributed by atoms with Crippen molar-refractivity contribution in [2.24, 2.45) is 0 Å². The molecule has 1 atom stereocenters. The predicted molar refractivity (Wildman–Crippen MR) is 73.1 cm³/mol. The maximum Gasteiger partial charge on any atom is 0.407 e. The van der Waals surface area contributed by atoms with Crippen molar-refractivity contribution < 1.29 is 14.3 Å². The zero-order valence-corrected chi connectivity index (χ0v) is 11.1. The molecule has 1 aliphatic carbocycles. The zero-order chi connectivity index (χ0) is 13.5. The summed E-state index contributed by atoms with van der Waals surface area (Å²) in [5, 5.41) is 2.84. The van der Waals surface area contributed by atoms with E-state index < -0.39 is 0 Å². The fraction of sp³-hybridized carbons (Fsp3) is 0.400. The first-order chi connectivity index (χ1) is 9.28. The second-order valence-corrected chi connectivity index (χ2v) is 4.53. The Kier molecular flexibility index (Phi) is 4.84. The summed E-state index contributed by atoms with van der Waals surface area (Å²) in [7, 11) is 1.62. The summed E-state index contributed by atoms with van der Waals surface area (Å²) >= 11 is 0. The van der Waals surface area contributed by atoms with Crippen molar-refractivity contribution >= 4 is 6.09 Å². The van der Waals surface area contributed by atoms with Gasteiger partial charge in [0.25, 0.3) is 0 Å². The molecular formula is C15H19NO3. The van der Waals surface area contributed by atoms with Gasteiger partial charge in [0, 0.05) is 0 Å². The van der Waals surface area contributed by atoms with Crippen molar-refractivity contribution in [3.63, 3.8) is 0 Å². The molecule has 0 radical (unpaired) electrons. The van der Waals surface area contributed by atoms with Crippen LogP contribution in [0.3, 0.4) is 0 Å². The predicted octanol–water partition coefficient (Wildman–Crippen LogP) is 3.03. The Morgan fingerprint density at radius 2 is 2.16 bits per heavy atom. The SMILES string of the molecule is COc1ccc(COC(=O)NC2C=CCCC2)cc1. The number of rotatable bonds is 4. The molecule has 19 heavy (non-hydrogen) atoms. The standard InChI is InChI=1S/C15H19NO3/c1-18-14-9-7-12(8-10-14)11-19-15(17)16-13-5-3-2-4-6-13/h3,5,7-10,13H,2,4,6,11H2,1H3,(H,16,17). The van der Waals surface area contributed by atoms with E-state index in [2.05, 4.69) is 11.4 Å². The third-order valence-corrected chi connectivity index (χ3v) is 3.09. The number of carbonyl (C=O) groups is 1. The molecule has 2 rings (SSSR count). The van der Waals surface area contributed by atoms with Gasteiger partial charge in [0.1, 0.15) is 12.4 Å². The molecule has 0 fully saturated rings. The zero-order valence-electron chi connectivity index (χ0n) is 11.1. The molecular weight excluding hydrogens is 242 g/mol. The van der Waals surface area contributed by atoms with E-state index in [0.717, 1.165) is 30.6 Å². The van der Waals surface area contributed by atoms with Crippen molar-refractivity contribution in [3.8, 4) is 5.75 Å². The summed E-state index contributed by atoms with van der Waals surface area (Å²) in [6.45, 7) is 0.270. The van der Waals surface area contributed by atoms with E-state index in [1.54, 1.807) is 7.11 Å². The Morgan fingerprint density at radius 1 is 1.37 bits per heavy atom. The lowest BCUT2D eigenvalue weighted by atomic mass is 10.0. The van der Waals surface area contributed by atoms with Crippen molar-refractivity contribution in [1.29, 1.82) is 0 Å². The largest absolute Gasteiger partial charge is 0.497 e. The monoisotopic (exact) mass is 261 g/mol. The normalized spacial score (nSPS) is 17.8. The molecule has 4 heteroatoms. The number of hydrogen-bond acceptors (Lipinski definition) is 3. The van der Waals surface area contributed by atoms with Crippen molar-refractivity contribution in [2.75, 3.05) is 7.11 Å².